The molecule has 4 rings (SSSR count). The summed E-state index contributed by atoms with van der Waals surface area (Å²) in [6.45, 7) is -0.864. The van der Waals surface area contributed by atoms with Crippen LogP contribution in [0.2, 0.25) is 20.4 Å². The van der Waals surface area contributed by atoms with E-state index in [9.17, 15) is 29.4 Å². The van der Waals surface area contributed by atoms with E-state index in [-0.39, 0.29) is 71.1 Å². The van der Waals surface area contributed by atoms with E-state index in [0.717, 1.165) is 16.8 Å². The zero-order valence-electron chi connectivity index (χ0n) is 24.5. The molecule has 15 nitrogen and oxygen atoms in total. The van der Waals surface area contributed by atoms with Crippen LogP contribution >= 0.6 is 46.4 Å². The Bertz CT molecular complexity index is 2090. The Kier molecular flexibility index (Phi) is 11.3. The van der Waals surface area contributed by atoms with Gasteiger partial charge in [0.2, 0.25) is 11.6 Å². The number of ketones is 2. The first kappa shape index (κ1) is 36.4. The fourth-order valence-electron chi connectivity index (χ4n) is 4.46. The molecule has 4 aromatic rings. The average Bonchev–Trinajstić information content (AvgIpc) is 3.50. The van der Waals surface area contributed by atoms with E-state index < -0.39 is 48.1 Å². The number of hydrogen-bond acceptors (Lipinski definition) is 11. The Labute approximate surface area is 295 Å². The molecule has 0 atom stereocenters. The summed E-state index contributed by atoms with van der Waals surface area (Å²) in [6, 6.07) is 8.68. The van der Waals surface area contributed by atoms with Gasteiger partial charge in [0.05, 0.1) is 33.2 Å². The van der Waals surface area contributed by atoms with E-state index in [1.807, 2.05) is 0 Å². The maximum absolute atomic E-state index is 13.8. The number of aliphatic carboxylic acids is 2. The molecule has 0 fully saturated rings. The number of carbonyl (C=O) groups excluding carboxylic acids is 2. The van der Waals surface area contributed by atoms with E-state index >= 15 is 0 Å². The van der Waals surface area contributed by atoms with Gasteiger partial charge in [0.15, 0.2) is 0 Å². The SMILES string of the molecule is N=N/C(=C\NCC(=O)O)c1ccc(C(=O)c2[nH]c(Cl)c(Cl)c2-n2c(C(=O)c3ccc(/C(N)=C/NCC(=O)O)cc3O)cc(Cl)c2Cl)c(O)c1. The molecule has 49 heavy (non-hydrogen) atoms. The summed E-state index contributed by atoms with van der Waals surface area (Å²) in [5.41, 5.74) is 12.5. The molecular formula is C30H23Cl4N7O8. The molecule has 0 amide bonds. The molecule has 0 aliphatic carbocycles. The monoisotopic (exact) mass is 749 g/mol. The quantitative estimate of drug-likeness (QED) is 0.0596. The highest BCUT2D eigenvalue weighted by atomic mass is 35.5. The molecule has 0 aliphatic rings. The summed E-state index contributed by atoms with van der Waals surface area (Å²) < 4.78 is 1.04. The smallest absolute Gasteiger partial charge is 0.322 e. The number of phenols is 2. The molecule has 10 N–H and O–H groups in total. The summed E-state index contributed by atoms with van der Waals surface area (Å²) in [5, 5.41) is 46.5. The first-order valence-electron chi connectivity index (χ1n) is 13.5. The lowest BCUT2D eigenvalue weighted by Crippen LogP contribution is -2.18. The third-order valence-corrected chi connectivity index (χ3v) is 8.20. The highest BCUT2D eigenvalue weighted by Crippen LogP contribution is 2.40. The third-order valence-electron chi connectivity index (χ3n) is 6.69. The fraction of sp³-hybridized carbons (Fsp3) is 0.0667. The van der Waals surface area contributed by atoms with Crippen LogP contribution in [-0.4, -0.2) is 66.6 Å². The van der Waals surface area contributed by atoms with Gasteiger partial charge in [0, 0.05) is 23.5 Å². The second-order valence-electron chi connectivity index (χ2n) is 9.89. The first-order valence-corrected chi connectivity index (χ1v) is 15.0. The van der Waals surface area contributed by atoms with Crippen molar-refractivity contribution < 1.29 is 39.6 Å². The molecule has 2 aromatic heterocycles. The highest BCUT2D eigenvalue weighted by molar-refractivity contribution is 6.45. The number of aromatic nitrogens is 2. The van der Waals surface area contributed by atoms with Gasteiger partial charge in [0.25, 0.3) is 0 Å². The minimum absolute atomic E-state index is 0.0519. The maximum atomic E-state index is 13.8. The highest BCUT2D eigenvalue weighted by Gasteiger charge is 2.31. The second-order valence-corrected chi connectivity index (χ2v) is 11.4. The summed E-state index contributed by atoms with van der Waals surface area (Å²) >= 11 is 25.6. The molecule has 2 heterocycles. The molecule has 254 valence electrons. The van der Waals surface area contributed by atoms with E-state index in [1.165, 1.54) is 42.6 Å². The fourth-order valence-corrected chi connectivity index (χ4v) is 5.29. The van der Waals surface area contributed by atoms with Gasteiger partial charge in [-0.15, -0.1) is 0 Å². The lowest BCUT2D eigenvalue weighted by atomic mass is 10.0. The summed E-state index contributed by atoms with van der Waals surface area (Å²) in [6.07, 6.45) is 2.36. The molecule has 0 spiro atoms. The maximum Gasteiger partial charge on any atom is 0.322 e. The van der Waals surface area contributed by atoms with Crippen LogP contribution in [0.1, 0.15) is 43.2 Å². The number of nitrogens with one attached hydrogen (secondary N) is 4. The number of aromatic amines is 1. The molecule has 0 unspecified atom stereocenters. The molecule has 0 saturated carbocycles. The predicted octanol–water partition coefficient (Wildman–Crippen LogP) is 5.23. The first-order chi connectivity index (χ1) is 23.2. The van der Waals surface area contributed by atoms with Crippen LogP contribution in [0.4, 0.5) is 0 Å². The van der Waals surface area contributed by atoms with Crippen LogP contribution in [0.5, 0.6) is 11.5 Å². The van der Waals surface area contributed by atoms with Crippen molar-refractivity contribution in [3.8, 4) is 17.2 Å². The molecule has 2 aromatic carbocycles. The van der Waals surface area contributed by atoms with E-state index in [1.54, 1.807) is 0 Å². The van der Waals surface area contributed by atoms with Crippen molar-refractivity contribution in [2.75, 3.05) is 13.1 Å². The van der Waals surface area contributed by atoms with Gasteiger partial charge < -0.3 is 41.8 Å². The number of halogens is 4. The van der Waals surface area contributed by atoms with Crippen LogP contribution in [0.25, 0.3) is 17.1 Å². The van der Waals surface area contributed by atoms with Crippen molar-refractivity contribution in [2.24, 2.45) is 10.8 Å². The van der Waals surface area contributed by atoms with Crippen LogP contribution in [0.15, 0.2) is 60.0 Å². The number of carboxylic acids is 2. The van der Waals surface area contributed by atoms with Crippen molar-refractivity contribution in [3.63, 3.8) is 0 Å². The Morgan fingerprint density at radius 1 is 0.857 bits per heavy atom. The summed E-state index contributed by atoms with van der Waals surface area (Å²) in [7, 11) is 0. The summed E-state index contributed by atoms with van der Waals surface area (Å²) in [5.74, 6) is -5.04. The van der Waals surface area contributed by atoms with E-state index in [0.29, 0.717) is 0 Å². The Morgan fingerprint density at radius 2 is 1.41 bits per heavy atom. The Morgan fingerprint density at radius 3 is 1.98 bits per heavy atom. The molecule has 0 bridgehead atoms. The number of rotatable bonds is 14. The largest absolute Gasteiger partial charge is 0.507 e. The normalized spacial score (nSPS) is 11.7. The zero-order chi connectivity index (χ0) is 36.2. The van der Waals surface area contributed by atoms with Gasteiger partial charge in [-0.2, -0.15) is 5.11 Å². The third kappa shape index (κ3) is 7.81. The van der Waals surface area contributed by atoms with Gasteiger partial charge in [-0.25, -0.2) is 5.53 Å². The number of nitrogens with zero attached hydrogens (tertiary/aromatic N) is 2. The number of H-pyrrole nitrogens is 1. The number of carboxylic acid groups (broad SMARTS) is 2. The van der Waals surface area contributed by atoms with E-state index in [2.05, 4.69) is 20.7 Å². The van der Waals surface area contributed by atoms with Gasteiger partial charge in [0.1, 0.15) is 51.3 Å². The number of aromatic hydroxyl groups is 2. The second kappa shape index (κ2) is 15.2. The zero-order valence-corrected chi connectivity index (χ0v) is 27.5. The lowest BCUT2D eigenvalue weighted by Gasteiger charge is -2.13. The van der Waals surface area contributed by atoms with Crippen LogP contribution in [0, 0.1) is 5.53 Å². The number of carbonyl (C=O) groups is 4. The van der Waals surface area contributed by atoms with Gasteiger partial charge in [-0.3, -0.25) is 23.7 Å². The van der Waals surface area contributed by atoms with Gasteiger partial charge in [-0.05, 0) is 30.3 Å². The topological polar surface area (TPSA) is 256 Å². The number of hydrogen-bond donors (Lipinski definition) is 9. The van der Waals surface area contributed by atoms with E-state index in [4.69, 9.17) is 67.9 Å². The standard InChI is InChI=1S/C30H23Cl4N7O8/c31-16-7-19(27(48)14-3-1-12(5-20(14)42)17(35)8-37-10-22(44)45)41(30(16)34)26-24(32)29(33)39-25(26)28(49)15-4-2-13(6-21(15)43)18(40-36)9-38-11-23(46)47/h1-9,36-39,42-43H,10-11,35H2,(H,44,45)(H,46,47)/b17-8-,18-9-,40-36?. The number of benzene rings is 2. The van der Waals surface area contributed by atoms with Crippen LogP contribution in [0.3, 0.4) is 0 Å². The van der Waals surface area contributed by atoms with Crippen molar-refractivity contribution in [3.05, 3.63) is 109 Å². The van der Waals surface area contributed by atoms with Crippen molar-refractivity contribution in [1.82, 2.24) is 20.2 Å². The average molecular weight is 751 g/mol. The predicted molar refractivity (Wildman–Crippen MR) is 180 cm³/mol. The summed E-state index contributed by atoms with van der Waals surface area (Å²) in [4.78, 5) is 51.8. The molecular weight excluding hydrogens is 728 g/mol. The minimum atomic E-state index is -1.16. The molecule has 0 saturated heterocycles. The number of phenolic OH excluding ortho intramolecular Hbond substituents is 2. The van der Waals surface area contributed by atoms with Crippen molar-refractivity contribution in [2.45, 2.75) is 0 Å². The van der Waals surface area contributed by atoms with Crippen LogP contribution < -0.4 is 16.4 Å². The van der Waals surface area contributed by atoms with Crippen LogP contribution in [-0.2, 0) is 9.59 Å². The Hall–Kier alpha value is -5.48. The van der Waals surface area contributed by atoms with Gasteiger partial charge in [-0.1, -0.05) is 58.5 Å². The van der Waals surface area contributed by atoms with Crippen molar-refractivity contribution >= 4 is 81.3 Å². The Balaban J connectivity index is 1.76. The van der Waals surface area contributed by atoms with Crippen molar-refractivity contribution in [1.29, 1.82) is 5.53 Å². The molecule has 19 heteroatoms. The molecule has 0 radical (unpaired) electrons. The van der Waals surface area contributed by atoms with Gasteiger partial charge >= 0.3 is 11.9 Å². The number of nitrogens with two attached hydrogens (primary N) is 1. The lowest BCUT2D eigenvalue weighted by molar-refractivity contribution is -0.136. The molecule has 0 aliphatic heterocycles. The minimum Gasteiger partial charge on any atom is -0.507 e.